The number of halogens is 7. The number of anilines is 1. The van der Waals surface area contributed by atoms with Gasteiger partial charge in [0.1, 0.15) is 5.60 Å². The minimum Gasteiger partial charge on any atom is -0.444 e. The Morgan fingerprint density at radius 3 is 2.05 bits per heavy atom. The normalized spacial score (nSPS) is 18.7. The number of benzene rings is 1. The van der Waals surface area contributed by atoms with E-state index in [-0.39, 0.29) is 36.7 Å². The molecule has 0 bridgehead atoms. The van der Waals surface area contributed by atoms with Crippen molar-refractivity contribution in [3.8, 4) is 0 Å². The first kappa shape index (κ1) is 29.0. The Morgan fingerprint density at radius 2 is 1.59 bits per heavy atom. The van der Waals surface area contributed by atoms with Crippen molar-refractivity contribution >= 4 is 28.0 Å². The third-order valence-electron chi connectivity index (χ3n) is 5.80. The van der Waals surface area contributed by atoms with E-state index >= 15 is 0 Å². The number of aromatic nitrogens is 2. The average molecular weight is 597 g/mol. The number of rotatable bonds is 5. The van der Waals surface area contributed by atoms with E-state index in [2.05, 4.69) is 25.9 Å². The van der Waals surface area contributed by atoms with Crippen LogP contribution in [0, 0.1) is 0 Å². The molecule has 2 aromatic rings. The van der Waals surface area contributed by atoms with E-state index in [0.717, 1.165) is 0 Å². The van der Waals surface area contributed by atoms with Crippen LogP contribution in [0.25, 0.3) is 0 Å². The number of carbonyl (C=O) groups excluding carboxylic acids is 1. The fourth-order valence-electron chi connectivity index (χ4n) is 4.17. The standard InChI is InChI=1S/C24H27BrF6N4O2/c1-5-18-9-19(13-35(18)21(36)37-22(2,3)4)34(20-32-10-17(25)11-33-20)12-14-6-15(23(26,27)28)8-16(7-14)24(29,30)31/h6-8,10-11,18-19H,5,9,12-13H2,1-4H3/t18-,19?/m1/s1. The SMILES string of the molecule is CC[C@@H]1CC(N(Cc2cc(C(F)(F)F)cc(C(F)(F)F)c2)c2ncc(Br)cn2)CN1C(=O)OC(C)(C)C. The molecule has 1 saturated heterocycles. The largest absolute Gasteiger partial charge is 0.444 e. The van der Waals surface area contributed by atoms with Crippen molar-refractivity contribution in [1.29, 1.82) is 0 Å². The van der Waals surface area contributed by atoms with Crippen molar-refractivity contribution in [2.75, 3.05) is 11.4 Å². The third kappa shape index (κ3) is 7.48. The maximum atomic E-state index is 13.4. The van der Waals surface area contributed by atoms with Crippen molar-refractivity contribution < 1.29 is 35.9 Å². The molecule has 0 spiro atoms. The first-order valence-electron chi connectivity index (χ1n) is 11.5. The molecule has 13 heteroatoms. The molecule has 1 unspecified atom stereocenters. The fraction of sp³-hybridized carbons (Fsp3) is 0.542. The molecule has 0 radical (unpaired) electrons. The van der Waals surface area contributed by atoms with Crippen LogP contribution in [-0.2, 0) is 23.6 Å². The molecule has 37 heavy (non-hydrogen) atoms. The summed E-state index contributed by atoms with van der Waals surface area (Å²) >= 11 is 3.22. The lowest BCUT2D eigenvalue weighted by Crippen LogP contribution is -2.42. The highest BCUT2D eigenvalue weighted by atomic mass is 79.9. The van der Waals surface area contributed by atoms with E-state index in [0.29, 0.717) is 29.4 Å². The van der Waals surface area contributed by atoms with Crippen LogP contribution in [-0.4, -0.2) is 45.2 Å². The van der Waals surface area contributed by atoms with Crippen LogP contribution in [0.15, 0.2) is 35.1 Å². The minimum absolute atomic E-state index is 0.0941. The molecule has 1 aliphatic heterocycles. The second-order valence-electron chi connectivity index (χ2n) is 9.83. The molecule has 2 atom stereocenters. The van der Waals surface area contributed by atoms with Crippen molar-refractivity contribution in [2.45, 2.75) is 77.1 Å². The molecule has 0 aliphatic carbocycles. The monoisotopic (exact) mass is 596 g/mol. The number of alkyl halides is 6. The number of nitrogens with zero attached hydrogens (tertiary/aromatic N) is 4. The van der Waals surface area contributed by atoms with Gasteiger partial charge in [-0.2, -0.15) is 26.3 Å². The Labute approximate surface area is 219 Å². The Morgan fingerprint density at radius 1 is 1.05 bits per heavy atom. The second-order valence-corrected chi connectivity index (χ2v) is 10.7. The van der Waals surface area contributed by atoms with Gasteiger partial charge in [0.25, 0.3) is 0 Å². The van der Waals surface area contributed by atoms with Crippen molar-refractivity contribution in [3.05, 3.63) is 51.8 Å². The summed E-state index contributed by atoms with van der Waals surface area (Å²) in [5.41, 5.74) is -3.75. The zero-order valence-electron chi connectivity index (χ0n) is 20.6. The maximum Gasteiger partial charge on any atom is 0.416 e. The van der Waals surface area contributed by atoms with Gasteiger partial charge in [-0.3, -0.25) is 0 Å². The van der Waals surface area contributed by atoms with Gasteiger partial charge in [0.15, 0.2) is 0 Å². The molecular formula is C24H27BrF6N4O2. The first-order chi connectivity index (χ1) is 17.0. The lowest BCUT2D eigenvalue weighted by molar-refractivity contribution is -0.143. The zero-order chi connectivity index (χ0) is 27.8. The minimum atomic E-state index is -4.97. The van der Waals surface area contributed by atoms with Gasteiger partial charge in [0.05, 0.1) is 21.6 Å². The topological polar surface area (TPSA) is 58.6 Å². The van der Waals surface area contributed by atoms with Crippen molar-refractivity contribution in [1.82, 2.24) is 14.9 Å². The summed E-state index contributed by atoms with van der Waals surface area (Å²) in [7, 11) is 0. The van der Waals surface area contributed by atoms with E-state index < -0.39 is 41.2 Å². The highest BCUT2D eigenvalue weighted by Gasteiger charge is 2.41. The number of hydrogen-bond donors (Lipinski definition) is 0. The quantitative estimate of drug-likeness (QED) is 0.345. The first-order valence-corrected chi connectivity index (χ1v) is 12.3. The van der Waals surface area contributed by atoms with Gasteiger partial charge in [0.2, 0.25) is 5.95 Å². The highest BCUT2D eigenvalue weighted by molar-refractivity contribution is 9.10. The maximum absolute atomic E-state index is 13.4. The molecule has 1 aromatic heterocycles. The highest BCUT2D eigenvalue weighted by Crippen LogP contribution is 2.37. The summed E-state index contributed by atoms with van der Waals surface area (Å²) < 4.78 is 86.7. The van der Waals surface area contributed by atoms with Crippen LogP contribution in [0.4, 0.5) is 37.1 Å². The molecule has 1 aromatic carbocycles. The zero-order valence-corrected chi connectivity index (χ0v) is 22.2. The molecule has 1 fully saturated rings. The fourth-order valence-corrected chi connectivity index (χ4v) is 4.38. The predicted octanol–water partition coefficient (Wildman–Crippen LogP) is 7.07. The van der Waals surface area contributed by atoms with E-state index in [1.807, 2.05) is 6.92 Å². The Balaban J connectivity index is 2.01. The number of carbonyl (C=O) groups is 1. The van der Waals surface area contributed by atoms with Crippen LogP contribution >= 0.6 is 15.9 Å². The number of ether oxygens (including phenoxy) is 1. The van der Waals surface area contributed by atoms with Gasteiger partial charge in [-0.25, -0.2) is 14.8 Å². The van der Waals surface area contributed by atoms with Gasteiger partial charge >= 0.3 is 18.4 Å². The summed E-state index contributed by atoms with van der Waals surface area (Å²) in [6, 6.07) is 0.752. The summed E-state index contributed by atoms with van der Waals surface area (Å²) in [4.78, 5) is 24.4. The molecule has 2 heterocycles. The van der Waals surface area contributed by atoms with Crippen molar-refractivity contribution in [2.24, 2.45) is 0 Å². The van der Waals surface area contributed by atoms with Gasteiger partial charge in [0, 0.05) is 31.5 Å². The summed E-state index contributed by atoms with van der Waals surface area (Å²) in [5, 5.41) is 0. The molecular weight excluding hydrogens is 570 g/mol. The van der Waals surface area contributed by atoms with Crippen LogP contribution in [0.3, 0.4) is 0 Å². The summed E-state index contributed by atoms with van der Waals surface area (Å²) in [6.45, 7) is 6.87. The van der Waals surface area contributed by atoms with Crippen LogP contribution in [0.2, 0.25) is 0 Å². The number of hydrogen-bond acceptors (Lipinski definition) is 5. The molecule has 1 amide bonds. The van der Waals surface area contributed by atoms with E-state index in [1.165, 1.54) is 22.2 Å². The molecule has 204 valence electrons. The lowest BCUT2D eigenvalue weighted by Gasteiger charge is -2.30. The summed E-state index contributed by atoms with van der Waals surface area (Å²) in [6.07, 6.45) is -6.64. The van der Waals surface area contributed by atoms with Gasteiger partial charge in [-0.15, -0.1) is 0 Å². The van der Waals surface area contributed by atoms with Crippen LogP contribution in [0.5, 0.6) is 0 Å². The third-order valence-corrected chi connectivity index (χ3v) is 6.21. The molecule has 0 N–H and O–H groups in total. The Kier molecular flexibility index (Phi) is 8.35. The van der Waals surface area contributed by atoms with E-state index in [4.69, 9.17) is 4.74 Å². The van der Waals surface area contributed by atoms with Crippen LogP contribution in [0.1, 0.15) is 57.2 Å². The Hall–Kier alpha value is -2.57. The van der Waals surface area contributed by atoms with Crippen LogP contribution < -0.4 is 4.90 Å². The second kappa shape index (κ2) is 10.7. The van der Waals surface area contributed by atoms with Gasteiger partial charge in [-0.05, 0) is 73.3 Å². The number of amides is 1. The Bertz CT molecular complexity index is 1070. The lowest BCUT2D eigenvalue weighted by atomic mass is 10.0. The molecule has 3 rings (SSSR count). The van der Waals surface area contributed by atoms with Gasteiger partial charge < -0.3 is 14.5 Å². The van der Waals surface area contributed by atoms with E-state index in [1.54, 1.807) is 20.8 Å². The van der Waals surface area contributed by atoms with Crippen molar-refractivity contribution in [3.63, 3.8) is 0 Å². The van der Waals surface area contributed by atoms with Gasteiger partial charge in [-0.1, -0.05) is 6.92 Å². The van der Waals surface area contributed by atoms with E-state index in [9.17, 15) is 31.1 Å². The molecule has 6 nitrogen and oxygen atoms in total. The predicted molar refractivity (Wildman–Crippen MR) is 128 cm³/mol. The molecule has 1 aliphatic rings. The molecule has 0 saturated carbocycles. The summed E-state index contributed by atoms with van der Waals surface area (Å²) in [5.74, 6) is 0.111. The average Bonchev–Trinajstić information content (AvgIpc) is 3.20. The smallest absolute Gasteiger partial charge is 0.416 e. The number of likely N-dealkylation sites (tertiary alicyclic amines) is 1.